The topological polar surface area (TPSA) is 46.6 Å². The summed E-state index contributed by atoms with van der Waals surface area (Å²) in [6.45, 7) is 7.08. The molecule has 0 bridgehead atoms. The van der Waals surface area contributed by atoms with E-state index < -0.39 is 11.7 Å². The Morgan fingerprint density at radius 1 is 1.28 bits per heavy atom. The number of hydrogen-bond donors (Lipinski definition) is 0. The Balaban J connectivity index is 2.84. The minimum atomic E-state index is -0.631. The maximum absolute atomic E-state index is 11.9. The van der Waals surface area contributed by atoms with Gasteiger partial charge in [-0.15, -0.1) is 0 Å². The molecule has 18 heavy (non-hydrogen) atoms. The molecule has 2 amide bonds. The van der Waals surface area contributed by atoms with Crippen molar-refractivity contribution in [3.63, 3.8) is 0 Å². The van der Waals surface area contributed by atoms with Gasteiger partial charge in [-0.3, -0.25) is 4.79 Å². The lowest BCUT2D eigenvalue weighted by Gasteiger charge is -2.27. The van der Waals surface area contributed by atoms with E-state index in [0.29, 0.717) is 6.41 Å². The van der Waals surface area contributed by atoms with Crippen LogP contribution in [0, 0.1) is 0 Å². The van der Waals surface area contributed by atoms with Crippen LogP contribution in [0.2, 0.25) is 0 Å². The van der Waals surface area contributed by atoms with Gasteiger partial charge in [-0.1, -0.05) is 30.3 Å². The van der Waals surface area contributed by atoms with E-state index in [4.69, 9.17) is 4.74 Å². The summed E-state index contributed by atoms with van der Waals surface area (Å²) >= 11 is 0. The van der Waals surface area contributed by atoms with Gasteiger partial charge in [-0.25, -0.2) is 9.69 Å². The lowest BCUT2D eigenvalue weighted by atomic mass is 10.1. The third kappa shape index (κ3) is 3.87. The summed E-state index contributed by atoms with van der Waals surface area (Å²) in [5.41, 5.74) is 0.268. The van der Waals surface area contributed by atoms with Crippen LogP contribution in [0.15, 0.2) is 30.3 Å². The molecule has 1 aromatic rings. The van der Waals surface area contributed by atoms with E-state index in [-0.39, 0.29) is 6.04 Å². The number of nitrogens with zero attached hydrogens (tertiary/aromatic N) is 1. The summed E-state index contributed by atoms with van der Waals surface area (Å²) in [4.78, 5) is 24.0. The van der Waals surface area contributed by atoms with Gasteiger partial charge in [0.2, 0.25) is 6.41 Å². The van der Waals surface area contributed by atoms with Crippen LogP contribution < -0.4 is 0 Å². The second kappa shape index (κ2) is 5.67. The zero-order chi connectivity index (χ0) is 13.8. The number of carbonyl (C=O) groups excluding carboxylic acids is 2. The highest BCUT2D eigenvalue weighted by atomic mass is 16.6. The molecule has 0 radical (unpaired) electrons. The molecule has 0 aliphatic heterocycles. The molecule has 0 heterocycles. The molecule has 0 aromatic heterocycles. The fraction of sp³-hybridized carbons (Fsp3) is 0.429. The predicted molar refractivity (Wildman–Crippen MR) is 69.0 cm³/mol. The molecule has 4 nitrogen and oxygen atoms in total. The molecule has 0 N–H and O–H groups in total. The lowest BCUT2D eigenvalue weighted by molar-refractivity contribution is -0.119. The Bertz CT molecular complexity index is 409. The van der Waals surface area contributed by atoms with Gasteiger partial charge in [-0.05, 0) is 33.3 Å². The lowest BCUT2D eigenvalue weighted by Crippen LogP contribution is -2.37. The van der Waals surface area contributed by atoms with Gasteiger partial charge >= 0.3 is 6.09 Å². The van der Waals surface area contributed by atoms with Gasteiger partial charge in [0.25, 0.3) is 0 Å². The van der Waals surface area contributed by atoms with Crippen molar-refractivity contribution in [1.29, 1.82) is 0 Å². The monoisotopic (exact) mass is 249 g/mol. The van der Waals surface area contributed by atoms with Gasteiger partial charge < -0.3 is 4.74 Å². The molecular weight excluding hydrogens is 230 g/mol. The number of imide groups is 1. The van der Waals surface area contributed by atoms with E-state index >= 15 is 0 Å². The first-order chi connectivity index (χ1) is 8.35. The van der Waals surface area contributed by atoms with Crippen molar-refractivity contribution in [3.8, 4) is 0 Å². The summed E-state index contributed by atoms with van der Waals surface area (Å²) < 4.78 is 5.19. The van der Waals surface area contributed by atoms with Crippen LogP contribution in [0.4, 0.5) is 4.79 Å². The molecule has 0 spiro atoms. The first-order valence-electron chi connectivity index (χ1n) is 5.86. The van der Waals surface area contributed by atoms with E-state index in [0.717, 1.165) is 10.5 Å². The summed E-state index contributed by atoms with van der Waals surface area (Å²) in [6.07, 6.45) is -0.125. The van der Waals surface area contributed by atoms with Gasteiger partial charge in [0.1, 0.15) is 5.60 Å². The molecule has 0 saturated carbocycles. The standard InChI is InChI=1S/C14H19NO3/c1-11(12-8-6-5-7-9-12)15(10-16)13(17)18-14(2,3)4/h5-11H,1-4H3/t11-/m0/s1. The Morgan fingerprint density at radius 2 is 1.83 bits per heavy atom. The zero-order valence-corrected chi connectivity index (χ0v) is 11.2. The minimum absolute atomic E-state index is 0.349. The predicted octanol–water partition coefficient (Wildman–Crippen LogP) is 3.14. The van der Waals surface area contributed by atoms with Crippen LogP contribution >= 0.6 is 0 Å². The van der Waals surface area contributed by atoms with Gasteiger partial charge in [0.15, 0.2) is 0 Å². The Morgan fingerprint density at radius 3 is 2.28 bits per heavy atom. The second-order valence-corrected chi connectivity index (χ2v) is 5.08. The number of ether oxygens (including phenoxy) is 1. The van der Waals surface area contributed by atoms with Crippen molar-refractivity contribution < 1.29 is 14.3 Å². The van der Waals surface area contributed by atoms with Crippen LogP contribution in [-0.2, 0) is 9.53 Å². The average Bonchev–Trinajstić information content (AvgIpc) is 2.28. The maximum Gasteiger partial charge on any atom is 0.417 e. The normalized spacial score (nSPS) is 12.7. The fourth-order valence-corrected chi connectivity index (χ4v) is 1.50. The minimum Gasteiger partial charge on any atom is -0.443 e. The van der Waals surface area contributed by atoms with Crippen molar-refractivity contribution >= 4 is 12.5 Å². The summed E-state index contributed by atoms with van der Waals surface area (Å²) in [5, 5.41) is 0. The third-order valence-corrected chi connectivity index (χ3v) is 2.42. The largest absolute Gasteiger partial charge is 0.443 e. The Kier molecular flexibility index (Phi) is 4.48. The third-order valence-electron chi connectivity index (χ3n) is 2.42. The highest BCUT2D eigenvalue weighted by Gasteiger charge is 2.26. The van der Waals surface area contributed by atoms with Crippen molar-refractivity contribution in [2.24, 2.45) is 0 Å². The molecular formula is C14H19NO3. The molecule has 0 unspecified atom stereocenters. The van der Waals surface area contributed by atoms with Gasteiger partial charge in [-0.2, -0.15) is 0 Å². The Hall–Kier alpha value is -1.84. The molecule has 0 aliphatic carbocycles. The summed E-state index contributed by atoms with van der Waals surface area (Å²) in [6, 6.07) is 9.00. The van der Waals surface area contributed by atoms with E-state index in [2.05, 4.69) is 0 Å². The molecule has 1 aromatic carbocycles. The number of benzene rings is 1. The van der Waals surface area contributed by atoms with Crippen molar-refractivity contribution in [2.75, 3.05) is 0 Å². The van der Waals surface area contributed by atoms with E-state index in [9.17, 15) is 9.59 Å². The van der Waals surface area contributed by atoms with Gasteiger partial charge in [0.05, 0.1) is 6.04 Å². The summed E-state index contributed by atoms with van der Waals surface area (Å²) in [7, 11) is 0. The van der Waals surface area contributed by atoms with E-state index in [1.807, 2.05) is 30.3 Å². The van der Waals surface area contributed by atoms with Gasteiger partial charge in [0, 0.05) is 0 Å². The molecule has 0 aliphatic rings. The van der Waals surface area contributed by atoms with Crippen LogP contribution in [0.1, 0.15) is 39.3 Å². The molecule has 0 fully saturated rings. The molecule has 98 valence electrons. The van der Waals surface area contributed by atoms with Crippen LogP contribution in [0.5, 0.6) is 0 Å². The number of amides is 2. The highest BCUT2D eigenvalue weighted by molar-refractivity contribution is 5.81. The molecule has 1 rings (SSSR count). The molecule has 4 heteroatoms. The second-order valence-electron chi connectivity index (χ2n) is 5.08. The summed E-state index contributed by atoms with van der Waals surface area (Å²) in [5.74, 6) is 0. The number of carbonyl (C=O) groups is 2. The van der Waals surface area contributed by atoms with Crippen LogP contribution in [0.3, 0.4) is 0 Å². The quantitative estimate of drug-likeness (QED) is 0.773. The first kappa shape index (κ1) is 14.2. The maximum atomic E-state index is 11.9. The first-order valence-corrected chi connectivity index (χ1v) is 5.86. The van der Waals surface area contributed by atoms with E-state index in [1.54, 1.807) is 27.7 Å². The fourth-order valence-electron chi connectivity index (χ4n) is 1.50. The highest BCUT2D eigenvalue weighted by Crippen LogP contribution is 2.20. The molecule has 1 atom stereocenters. The molecule has 0 saturated heterocycles. The zero-order valence-electron chi connectivity index (χ0n) is 11.2. The van der Waals surface area contributed by atoms with Crippen molar-refractivity contribution in [2.45, 2.75) is 39.3 Å². The van der Waals surface area contributed by atoms with Crippen LogP contribution in [-0.4, -0.2) is 23.0 Å². The number of rotatable bonds is 3. The average molecular weight is 249 g/mol. The SMILES string of the molecule is C[C@@H](c1ccccc1)N(C=O)C(=O)OC(C)(C)C. The Labute approximate surface area is 108 Å². The number of hydrogen-bond acceptors (Lipinski definition) is 3. The van der Waals surface area contributed by atoms with E-state index in [1.165, 1.54) is 0 Å². The van der Waals surface area contributed by atoms with Crippen molar-refractivity contribution in [1.82, 2.24) is 4.90 Å². The van der Waals surface area contributed by atoms with Crippen LogP contribution in [0.25, 0.3) is 0 Å². The smallest absolute Gasteiger partial charge is 0.417 e. The van der Waals surface area contributed by atoms with Crippen molar-refractivity contribution in [3.05, 3.63) is 35.9 Å².